The number of ether oxygens (including phenoxy) is 1. The molecule has 5 nitrogen and oxygen atoms in total. The van der Waals surface area contributed by atoms with Crippen molar-refractivity contribution in [3.05, 3.63) is 29.6 Å². The molecule has 0 unspecified atom stereocenters. The van der Waals surface area contributed by atoms with Crippen LogP contribution >= 0.6 is 0 Å². The first kappa shape index (κ1) is 13.3. The van der Waals surface area contributed by atoms with Crippen molar-refractivity contribution in [2.45, 2.75) is 18.9 Å². The van der Waals surface area contributed by atoms with Gasteiger partial charge in [0.15, 0.2) is 11.6 Å². The van der Waals surface area contributed by atoms with E-state index in [1.807, 2.05) is 0 Å². The number of carboxylic acids is 1. The molecule has 0 aliphatic heterocycles. The molecule has 6 heteroatoms. The highest BCUT2D eigenvalue weighted by Gasteiger charge is 2.34. The molecule has 0 radical (unpaired) electrons. The number of hydrogen-bond acceptors (Lipinski definition) is 3. The Morgan fingerprint density at radius 3 is 2.68 bits per heavy atom. The van der Waals surface area contributed by atoms with Gasteiger partial charge in [-0.15, -0.1) is 0 Å². The minimum Gasteiger partial charge on any atom is -0.494 e. The van der Waals surface area contributed by atoms with Crippen LogP contribution in [-0.2, 0) is 4.79 Å². The first-order chi connectivity index (χ1) is 9.02. The standard InChI is InChI=1S/C13H14FNO4/c1-19-11-6-8(2-5-10(11)14)13(18)15(7-12(16)17)9-3-4-9/h2,5-6,9H,3-4,7H2,1H3,(H,16,17). The Morgan fingerprint density at radius 1 is 1.47 bits per heavy atom. The predicted octanol–water partition coefficient (Wildman–Crippen LogP) is 1.52. The molecule has 1 saturated carbocycles. The van der Waals surface area contributed by atoms with Crippen molar-refractivity contribution in [2.75, 3.05) is 13.7 Å². The van der Waals surface area contributed by atoms with Crippen LogP contribution in [0.2, 0.25) is 0 Å². The quantitative estimate of drug-likeness (QED) is 0.878. The van der Waals surface area contributed by atoms with E-state index in [-0.39, 0.29) is 23.9 Å². The summed E-state index contributed by atoms with van der Waals surface area (Å²) in [7, 11) is 1.31. The minimum atomic E-state index is -1.06. The second-order valence-electron chi connectivity index (χ2n) is 4.41. The highest BCUT2D eigenvalue weighted by Crippen LogP contribution is 2.29. The van der Waals surface area contributed by atoms with Crippen LogP contribution in [0.15, 0.2) is 18.2 Å². The summed E-state index contributed by atoms with van der Waals surface area (Å²) >= 11 is 0. The first-order valence-electron chi connectivity index (χ1n) is 5.89. The lowest BCUT2D eigenvalue weighted by Crippen LogP contribution is -2.37. The molecular weight excluding hydrogens is 253 g/mol. The fraction of sp³-hybridized carbons (Fsp3) is 0.385. The van der Waals surface area contributed by atoms with Gasteiger partial charge in [-0.25, -0.2) is 4.39 Å². The molecule has 0 atom stereocenters. The predicted molar refractivity (Wildman–Crippen MR) is 64.6 cm³/mol. The number of nitrogens with zero attached hydrogens (tertiary/aromatic N) is 1. The monoisotopic (exact) mass is 267 g/mol. The molecule has 1 aromatic carbocycles. The summed E-state index contributed by atoms with van der Waals surface area (Å²) in [5.74, 6) is -2.07. The van der Waals surface area contributed by atoms with Crippen molar-refractivity contribution >= 4 is 11.9 Å². The maximum absolute atomic E-state index is 13.3. The molecular formula is C13H14FNO4. The third-order valence-electron chi connectivity index (χ3n) is 2.95. The van der Waals surface area contributed by atoms with Gasteiger partial charge in [-0.2, -0.15) is 0 Å². The van der Waals surface area contributed by atoms with Gasteiger partial charge in [-0.05, 0) is 31.0 Å². The van der Waals surface area contributed by atoms with Crippen LogP contribution in [0.1, 0.15) is 23.2 Å². The minimum absolute atomic E-state index is 0.0281. The molecule has 0 saturated heterocycles. The van der Waals surface area contributed by atoms with Crippen LogP contribution in [0.25, 0.3) is 0 Å². The second kappa shape index (κ2) is 5.26. The zero-order chi connectivity index (χ0) is 14.0. The van der Waals surface area contributed by atoms with Crippen molar-refractivity contribution in [3.8, 4) is 5.75 Å². The van der Waals surface area contributed by atoms with E-state index >= 15 is 0 Å². The van der Waals surface area contributed by atoms with Crippen LogP contribution in [0.4, 0.5) is 4.39 Å². The molecule has 0 bridgehead atoms. The molecule has 19 heavy (non-hydrogen) atoms. The normalized spacial score (nSPS) is 14.0. The van der Waals surface area contributed by atoms with Gasteiger partial charge >= 0.3 is 5.97 Å². The summed E-state index contributed by atoms with van der Waals surface area (Å²) in [5.41, 5.74) is 0.228. The largest absolute Gasteiger partial charge is 0.494 e. The highest BCUT2D eigenvalue weighted by atomic mass is 19.1. The average Bonchev–Trinajstić information content (AvgIpc) is 3.20. The van der Waals surface area contributed by atoms with Crippen LogP contribution in [-0.4, -0.2) is 41.6 Å². The van der Waals surface area contributed by atoms with E-state index in [9.17, 15) is 14.0 Å². The van der Waals surface area contributed by atoms with Gasteiger partial charge in [-0.3, -0.25) is 9.59 Å². The van der Waals surface area contributed by atoms with Crippen molar-refractivity contribution in [1.29, 1.82) is 0 Å². The van der Waals surface area contributed by atoms with E-state index in [4.69, 9.17) is 9.84 Å². The lowest BCUT2D eigenvalue weighted by Gasteiger charge is -2.20. The summed E-state index contributed by atoms with van der Waals surface area (Å²) < 4.78 is 18.1. The summed E-state index contributed by atoms with van der Waals surface area (Å²) in [6.07, 6.45) is 1.61. The lowest BCUT2D eigenvalue weighted by molar-refractivity contribution is -0.137. The molecule has 1 N–H and O–H groups in total. The van der Waals surface area contributed by atoms with Crippen molar-refractivity contribution < 1.29 is 23.8 Å². The van der Waals surface area contributed by atoms with Crippen LogP contribution in [0.5, 0.6) is 5.75 Å². The summed E-state index contributed by atoms with van der Waals surface area (Å²) in [5, 5.41) is 8.82. The fourth-order valence-corrected chi connectivity index (χ4v) is 1.86. The summed E-state index contributed by atoms with van der Waals surface area (Å²) in [4.78, 5) is 24.3. The first-order valence-corrected chi connectivity index (χ1v) is 5.89. The number of amides is 1. The van der Waals surface area contributed by atoms with Gasteiger partial charge in [0.1, 0.15) is 6.54 Å². The van der Waals surface area contributed by atoms with Crippen molar-refractivity contribution in [3.63, 3.8) is 0 Å². The number of hydrogen-bond donors (Lipinski definition) is 1. The Labute approximate surface area is 109 Å². The molecule has 1 amide bonds. The molecule has 1 fully saturated rings. The van der Waals surface area contributed by atoms with Gasteiger partial charge in [0.05, 0.1) is 7.11 Å². The molecule has 0 aromatic heterocycles. The number of rotatable bonds is 5. The van der Waals surface area contributed by atoms with Crippen LogP contribution in [0.3, 0.4) is 0 Å². The number of methoxy groups -OCH3 is 1. The zero-order valence-electron chi connectivity index (χ0n) is 10.4. The van der Waals surface area contributed by atoms with E-state index in [0.29, 0.717) is 0 Å². The van der Waals surface area contributed by atoms with E-state index in [1.165, 1.54) is 24.1 Å². The number of carboxylic acid groups (broad SMARTS) is 1. The topological polar surface area (TPSA) is 66.8 Å². The van der Waals surface area contributed by atoms with E-state index in [2.05, 4.69) is 0 Å². The molecule has 2 rings (SSSR count). The number of aliphatic carboxylic acids is 1. The molecule has 1 aromatic rings. The van der Waals surface area contributed by atoms with Crippen molar-refractivity contribution in [2.24, 2.45) is 0 Å². The summed E-state index contributed by atoms with van der Waals surface area (Å²) in [6.45, 7) is -0.344. The number of carbonyl (C=O) groups excluding carboxylic acids is 1. The van der Waals surface area contributed by atoms with Gasteiger partial charge < -0.3 is 14.7 Å². The van der Waals surface area contributed by atoms with Gasteiger partial charge in [0, 0.05) is 11.6 Å². The van der Waals surface area contributed by atoms with Crippen LogP contribution < -0.4 is 4.74 Å². The van der Waals surface area contributed by atoms with E-state index < -0.39 is 17.7 Å². The average molecular weight is 267 g/mol. The molecule has 0 heterocycles. The Bertz CT molecular complexity index is 513. The Balaban J connectivity index is 2.23. The van der Waals surface area contributed by atoms with E-state index in [0.717, 1.165) is 18.9 Å². The number of halogens is 1. The summed E-state index contributed by atoms with van der Waals surface area (Å²) in [6, 6.07) is 3.73. The molecule has 1 aliphatic rings. The number of carbonyl (C=O) groups is 2. The molecule has 0 spiro atoms. The third kappa shape index (κ3) is 3.01. The number of benzene rings is 1. The Morgan fingerprint density at radius 2 is 2.16 bits per heavy atom. The van der Waals surface area contributed by atoms with Crippen LogP contribution in [0, 0.1) is 5.82 Å². The fourth-order valence-electron chi connectivity index (χ4n) is 1.86. The van der Waals surface area contributed by atoms with Gasteiger partial charge in [0.2, 0.25) is 0 Å². The highest BCUT2D eigenvalue weighted by molar-refractivity contribution is 5.96. The molecule has 1 aliphatic carbocycles. The second-order valence-corrected chi connectivity index (χ2v) is 4.41. The Kier molecular flexibility index (Phi) is 3.69. The molecule has 102 valence electrons. The smallest absolute Gasteiger partial charge is 0.323 e. The SMILES string of the molecule is COc1cc(C(=O)N(CC(=O)O)C2CC2)ccc1F. The Hall–Kier alpha value is -2.11. The van der Waals surface area contributed by atoms with E-state index in [1.54, 1.807) is 0 Å². The zero-order valence-corrected chi connectivity index (χ0v) is 10.4. The van der Waals surface area contributed by atoms with Gasteiger partial charge in [0.25, 0.3) is 5.91 Å². The maximum atomic E-state index is 13.3. The maximum Gasteiger partial charge on any atom is 0.323 e. The van der Waals surface area contributed by atoms with Gasteiger partial charge in [-0.1, -0.05) is 0 Å². The van der Waals surface area contributed by atoms with Crippen molar-refractivity contribution in [1.82, 2.24) is 4.90 Å². The lowest BCUT2D eigenvalue weighted by atomic mass is 10.1. The third-order valence-corrected chi connectivity index (χ3v) is 2.95.